The standard InChI is InChI=1S/C25H30BrNO2/c1-13(2)16-9-19-24(21(28)11-16)23(15-5-7-18(26)8-6-15)25-20(27-19)10-17(14(3)4)12-22(25)29/h5-8,13-14,16-17,23,27H,9-12H2,1-4H3. The van der Waals surface area contributed by atoms with Gasteiger partial charge in [0.1, 0.15) is 0 Å². The zero-order valence-electron chi connectivity index (χ0n) is 17.7. The van der Waals surface area contributed by atoms with E-state index in [0.717, 1.165) is 45.4 Å². The predicted molar refractivity (Wildman–Crippen MR) is 119 cm³/mol. The van der Waals surface area contributed by atoms with Gasteiger partial charge in [0.15, 0.2) is 11.6 Å². The van der Waals surface area contributed by atoms with Crippen LogP contribution in [0.25, 0.3) is 0 Å². The number of carbonyl (C=O) groups is 2. The van der Waals surface area contributed by atoms with Crippen LogP contribution in [0.2, 0.25) is 0 Å². The lowest BCUT2D eigenvalue weighted by molar-refractivity contribution is -0.118. The lowest BCUT2D eigenvalue weighted by atomic mass is 9.67. The Bertz CT molecular complexity index is 855. The summed E-state index contributed by atoms with van der Waals surface area (Å²) < 4.78 is 1.00. The number of Topliss-reactive ketones (excluding diaryl/α,β-unsaturated/α-hetero) is 2. The number of halogens is 1. The van der Waals surface area contributed by atoms with Crippen molar-refractivity contribution in [3.63, 3.8) is 0 Å². The van der Waals surface area contributed by atoms with Crippen LogP contribution in [-0.4, -0.2) is 11.6 Å². The van der Waals surface area contributed by atoms with Gasteiger partial charge in [-0.25, -0.2) is 0 Å². The fourth-order valence-electron chi connectivity index (χ4n) is 5.09. The Morgan fingerprint density at radius 1 is 0.793 bits per heavy atom. The molecule has 1 heterocycles. The van der Waals surface area contributed by atoms with Crippen LogP contribution in [0.15, 0.2) is 51.3 Å². The highest BCUT2D eigenvalue weighted by molar-refractivity contribution is 9.10. The summed E-state index contributed by atoms with van der Waals surface area (Å²) in [5, 5.41) is 3.61. The highest BCUT2D eigenvalue weighted by Crippen LogP contribution is 2.48. The van der Waals surface area contributed by atoms with E-state index in [0.29, 0.717) is 36.5 Å². The molecule has 4 rings (SSSR count). The summed E-state index contributed by atoms with van der Waals surface area (Å²) in [5.74, 6) is 1.84. The number of allylic oxidation sites excluding steroid dienone is 4. The third kappa shape index (κ3) is 3.76. The molecule has 154 valence electrons. The summed E-state index contributed by atoms with van der Waals surface area (Å²) in [6.07, 6.45) is 2.94. The molecule has 1 aromatic carbocycles. The number of benzene rings is 1. The topological polar surface area (TPSA) is 46.2 Å². The first-order chi connectivity index (χ1) is 13.8. The molecule has 3 nitrogen and oxygen atoms in total. The largest absolute Gasteiger partial charge is 0.362 e. The van der Waals surface area contributed by atoms with Crippen LogP contribution >= 0.6 is 15.9 Å². The molecule has 4 heteroatoms. The molecule has 0 radical (unpaired) electrons. The van der Waals surface area contributed by atoms with E-state index in [1.165, 1.54) is 0 Å². The first kappa shape index (κ1) is 20.6. The van der Waals surface area contributed by atoms with Gasteiger partial charge in [-0.15, -0.1) is 0 Å². The maximum atomic E-state index is 13.3. The summed E-state index contributed by atoms with van der Waals surface area (Å²) in [5.41, 5.74) is 4.83. The quantitative estimate of drug-likeness (QED) is 0.615. The fraction of sp³-hybridized carbons (Fsp3) is 0.520. The summed E-state index contributed by atoms with van der Waals surface area (Å²) in [4.78, 5) is 26.6. The van der Waals surface area contributed by atoms with Crippen molar-refractivity contribution in [1.29, 1.82) is 0 Å². The van der Waals surface area contributed by atoms with E-state index in [-0.39, 0.29) is 17.5 Å². The molecular weight excluding hydrogens is 426 g/mol. The highest BCUT2D eigenvalue weighted by atomic mass is 79.9. The van der Waals surface area contributed by atoms with Crippen LogP contribution in [-0.2, 0) is 9.59 Å². The summed E-state index contributed by atoms with van der Waals surface area (Å²) in [7, 11) is 0. The Balaban J connectivity index is 1.84. The molecule has 0 fully saturated rings. The minimum Gasteiger partial charge on any atom is -0.362 e. The van der Waals surface area contributed by atoms with Gasteiger partial charge in [-0.1, -0.05) is 55.8 Å². The van der Waals surface area contributed by atoms with E-state index in [2.05, 4.69) is 61.1 Å². The van der Waals surface area contributed by atoms with E-state index in [4.69, 9.17) is 0 Å². The third-order valence-corrected chi connectivity index (χ3v) is 7.58. The Morgan fingerprint density at radius 2 is 1.24 bits per heavy atom. The molecule has 0 bridgehead atoms. The second-order valence-electron chi connectivity index (χ2n) is 9.57. The smallest absolute Gasteiger partial charge is 0.161 e. The van der Waals surface area contributed by atoms with Gasteiger partial charge in [0, 0.05) is 45.8 Å². The minimum absolute atomic E-state index is 0.204. The molecule has 3 aliphatic rings. The Morgan fingerprint density at radius 3 is 1.66 bits per heavy atom. The molecule has 0 spiro atoms. The van der Waals surface area contributed by atoms with Gasteiger partial charge in [0.25, 0.3) is 0 Å². The van der Waals surface area contributed by atoms with Crippen molar-refractivity contribution in [3.8, 4) is 0 Å². The van der Waals surface area contributed by atoms with Gasteiger partial charge in [-0.2, -0.15) is 0 Å². The first-order valence-corrected chi connectivity index (χ1v) is 11.6. The van der Waals surface area contributed by atoms with Crippen molar-refractivity contribution in [1.82, 2.24) is 5.32 Å². The maximum Gasteiger partial charge on any atom is 0.161 e. The molecule has 1 aromatic rings. The number of ketones is 2. The summed E-state index contributed by atoms with van der Waals surface area (Å²) in [6.45, 7) is 8.79. The van der Waals surface area contributed by atoms with E-state index >= 15 is 0 Å². The number of rotatable bonds is 3. The highest BCUT2D eigenvalue weighted by Gasteiger charge is 2.44. The number of nitrogens with one attached hydrogen (secondary N) is 1. The van der Waals surface area contributed by atoms with E-state index < -0.39 is 0 Å². The molecule has 2 atom stereocenters. The molecule has 1 aliphatic heterocycles. The normalized spacial score (nSPS) is 27.3. The zero-order valence-corrected chi connectivity index (χ0v) is 19.3. The Hall–Kier alpha value is -1.68. The van der Waals surface area contributed by atoms with Crippen molar-refractivity contribution in [2.24, 2.45) is 23.7 Å². The van der Waals surface area contributed by atoms with Gasteiger partial charge in [0.05, 0.1) is 0 Å². The van der Waals surface area contributed by atoms with Crippen LogP contribution in [0.5, 0.6) is 0 Å². The fourth-order valence-corrected chi connectivity index (χ4v) is 5.35. The van der Waals surface area contributed by atoms with Crippen molar-refractivity contribution in [3.05, 3.63) is 56.8 Å². The van der Waals surface area contributed by atoms with E-state index in [1.54, 1.807) is 0 Å². The molecule has 2 unspecified atom stereocenters. The Labute approximate surface area is 182 Å². The number of hydrogen-bond acceptors (Lipinski definition) is 3. The lowest BCUT2D eigenvalue weighted by Gasteiger charge is -2.41. The van der Waals surface area contributed by atoms with Gasteiger partial charge in [-0.05, 0) is 54.2 Å². The van der Waals surface area contributed by atoms with Crippen LogP contribution in [0.1, 0.15) is 64.9 Å². The molecule has 1 N–H and O–H groups in total. The minimum atomic E-state index is -0.226. The average Bonchev–Trinajstić information content (AvgIpc) is 2.66. The van der Waals surface area contributed by atoms with Crippen molar-refractivity contribution >= 4 is 27.5 Å². The van der Waals surface area contributed by atoms with Crippen molar-refractivity contribution in [2.45, 2.75) is 59.3 Å². The average molecular weight is 456 g/mol. The molecule has 2 aliphatic carbocycles. The van der Waals surface area contributed by atoms with Crippen LogP contribution in [0, 0.1) is 23.7 Å². The van der Waals surface area contributed by atoms with Crippen LogP contribution in [0.3, 0.4) is 0 Å². The second-order valence-corrected chi connectivity index (χ2v) is 10.5. The van der Waals surface area contributed by atoms with Gasteiger partial charge < -0.3 is 5.32 Å². The molecular formula is C25H30BrNO2. The predicted octanol–water partition coefficient (Wildman–Crippen LogP) is 5.91. The van der Waals surface area contributed by atoms with Crippen LogP contribution < -0.4 is 5.32 Å². The lowest BCUT2D eigenvalue weighted by Crippen LogP contribution is -2.40. The van der Waals surface area contributed by atoms with E-state index in [9.17, 15) is 9.59 Å². The van der Waals surface area contributed by atoms with Crippen molar-refractivity contribution in [2.75, 3.05) is 0 Å². The van der Waals surface area contributed by atoms with Gasteiger partial charge in [0.2, 0.25) is 0 Å². The first-order valence-electron chi connectivity index (χ1n) is 10.8. The molecule has 0 saturated carbocycles. The maximum absolute atomic E-state index is 13.3. The summed E-state index contributed by atoms with van der Waals surface area (Å²) in [6, 6.07) is 8.12. The zero-order chi connectivity index (χ0) is 20.9. The third-order valence-electron chi connectivity index (χ3n) is 7.05. The van der Waals surface area contributed by atoms with Crippen LogP contribution in [0.4, 0.5) is 0 Å². The molecule has 0 aromatic heterocycles. The van der Waals surface area contributed by atoms with Gasteiger partial charge in [-0.3, -0.25) is 9.59 Å². The van der Waals surface area contributed by atoms with Gasteiger partial charge >= 0.3 is 0 Å². The molecule has 0 amide bonds. The molecule has 0 saturated heterocycles. The monoisotopic (exact) mass is 455 g/mol. The van der Waals surface area contributed by atoms with E-state index in [1.807, 2.05) is 12.1 Å². The number of dihydropyridines is 1. The Kier molecular flexibility index (Phi) is 5.58. The molecule has 29 heavy (non-hydrogen) atoms. The van der Waals surface area contributed by atoms with Crippen molar-refractivity contribution < 1.29 is 9.59 Å². The summed E-state index contributed by atoms with van der Waals surface area (Å²) >= 11 is 3.51. The SMILES string of the molecule is CC(C)C1CC(=O)C2=C(C1)NC1=C(C(=O)CC(C(C)C)C1)C2c1ccc(Br)cc1. The number of carbonyl (C=O) groups excluding carboxylic acids is 2. The number of hydrogen-bond donors (Lipinski definition) is 1. The second kappa shape index (κ2) is 7.86.